The predicted molar refractivity (Wildman–Crippen MR) is 109 cm³/mol. The number of fused-ring (bicyclic) bond motifs is 1. The van der Waals surface area contributed by atoms with E-state index in [0.29, 0.717) is 29.1 Å². The zero-order valence-corrected chi connectivity index (χ0v) is 16.5. The topological polar surface area (TPSA) is 58.0 Å². The number of rotatable bonds is 6. The zero-order chi connectivity index (χ0) is 21.8. The molecule has 160 valence electrons. The van der Waals surface area contributed by atoms with Crippen LogP contribution in [0.5, 0.6) is 11.6 Å². The molecule has 2 aromatic carbocycles. The summed E-state index contributed by atoms with van der Waals surface area (Å²) >= 11 is 0. The van der Waals surface area contributed by atoms with Gasteiger partial charge < -0.3 is 14.7 Å². The van der Waals surface area contributed by atoms with Crippen molar-refractivity contribution in [3.8, 4) is 11.6 Å². The molecule has 0 fully saturated rings. The molecule has 0 aliphatic carbocycles. The number of nitrogens with zero attached hydrogens (tertiary/aromatic N) is 3. The van der Waals surface area contributed by atoms with Crippen LogP contribution in [0, 0.1) is 0 Å². The van der Waals surface area contributed by atoms with Crippen molar-refractivity contribution >= 4 is 6.20 Å². The minimum atomic E-state index is -4.47. The molecule has 3 aromatic rings. The van der Waals surface area contributed by atoms with Gasteiger partial charge >= 0.3 is 6.18 Å². The van der Waals surface area contributed by atoms with E-state index in [1.165, 1.54) is 6.20 Å². The highest BCUT2D eigenvalue weighted by molar-refractivity contribution is 5.39. The van der Waals surface area contributed by atoms with Crippen LogP contribution in [0.1, 0.15) is 17.3 Å². The van der Waals surface area contributed by atoms with E-state index in [-0.39, 0.29) is 11.6 Å². The van der Waals surface area contributed by atoms with E-state index in [4.69, 9.17) is 9.73 Å². The molecule has 1 aromatic heterocycles. The summed E-state index contributed by atoms with van der Waals surface area (Å²) in [4.78, 5) is 10.6. The third-order valence-corrected chi connectivity index (χ3v) is 4.89. The summed E-state index contributed by atoms with van der Waals surface area (Å²) in [5.74, 6) is -0.0283. The Morgan fingerprint density at radius 2 is 1.74 bits per heavy atom. The first-order chi connectivity index (χ1) is 14.9. The first kappa shape index (κ1) is 20.7. The van der Waals surface area contributed by atoms with Crippen LogP contribution in [0.2, 0.25) is 0 Å². The molecule has 1 atom stereocenters. The molecule has 1 aliphatic rings. The Morgan fingerprint density at radius 3 is 2.48 bits per heavy atom. The van der Waals surface area contributed by atoms with Gasteiger partial charge in [-0.25, -0.2) is 4.98 Å². The number of aromatic hydroxyl groups is 1. The average molecular weight is 427 g/mol. The van der Waals surface area contributed by atoms with Crippen LogP contribution >= 0.6 is 0 Å². The highest BCUT2D eigenvalue weighted by Crippen LogP contribution is 2.30. The van der Waals surface area contributed by atoms with Gasteiger partial charge in [0.1, 0.15) is 5.75 Å². The zero-order valence-electron chi connectivity index (χ0n) is 16.5. The van der Waals surface area contributed by atoms with E-state index in [2.05, 4.69) is 4.98 Å². The van der Waals surface area contributed by atoms with Crippen LogP contribution in [0.4, 0.5) is 13.2 Å². The van der Waals surface area contributed by atoms with Crippen LogP contribution in [0.3, 0.4) is 0 Å². The molecule has 1 unspecified atom stereocenters. The lowest BCUT2D eigenvalue weighted by Gasteiger charge is -2.31. The molecular weight excluding hydrogens is 407 g/mol. The van der Waals surface area contributed by atoms with Crippen LogP contribution in [-0.4, -0.2) is 34.3 Å². The van der Waals surface area contributed by atoms with Crippen molar-refractivity contribution in [2.75, 3.05) is 13.2 Å². The maximum absolute atomic E-state index is 12.7. The van der Waals surface area contributed by atoms with Crippen molar-refractivity contribution in [2.24, 2.45) is 4.99 Å². The van der Waals surface area contributed by atoms with Crippen molar-refractivity contribution in [2.45, 2.75) is 18.8 Å². The standard InChI is InChI=1S/C23H20F3N3O2/c24-23(25,26)15-31-22-18-14-29(13-11-16-6-2-1-3-7-16)21(28-19(18)10-12-27-22)17-8-4-5-9-20(17)30/h1-10,12,14,21,30H,11,13,15H2. The Bertz CT molecular complexity index is 1170. The summed E-state index contributed by atoms with van der Waals surface area (Å²) < 4.78 is 42.9. The first-order valence-electron chi connectivity index (χ1n) is 9.72. The number of phenols is 1. The Kier molecular flexibility index (Phi) is 5.79. The highest BCUT2D eigenvalue weighted by atomic mass is 19.4. The molecule has 0 amide bonds. The fourth-order valence-electron chi connectivity index (χ4n) is 3.43. The van der Waals surface area contributed by atoms with E-state index < -0.39 is 18.9 Å². The number of para-hydroxylation sites is 1. The quantitative estimate of drug-likeness (QED) is 0.656. The molecule has 0 saturated carbocycles. The number of hydrogen-bond donors (Lipinski definition) is 1. The fraction of sp³-hybridized carbons (Fsp3) is 0.217. The molecule has 0 radical (unpaired) electrons. The first-order valence-corrected chi connectivity index (χ1v) is 9.72. The van der Waals surface area contributed by atoms with Gasteiger partial charge in [0.05, 0.1) is 10.6 Å². The highest BCUT2D eigenvalue weighted by Gasteiger charge is 2.29. The van der Waals surface area contributed by atoms with Gasteiger partial charge in [0.15, 0.2) is 12.8 Å². The van der Waals surface area contributed by atoms with Crippen molar-refractivity contribution in [1.82, 2.24) is 9.88 Å². The second-order valence-corrected chi connectivity index (χ2v) is 7.12. The molecule has 2 heterocycles. The molecule has 0 saturated heterocycles. The molecule has 31 heavy (non-hydrogen) atoms. The molecular formula is C23H20F3N3O2. The molecule has 8 heteroatoms. The van der Waals surface area contributed by atoms with Crippen molar-refractivity contribution in [3.63, 3.8) is 0 Å². The summed E-state index contributed by atoms with van der Waals surface area (Å²) in [6, 6.07) is 18.3. The number of hydrogen-bond acceptors (Lipinski definition) is 5. The van der Waals surface area contributed by atoms with Gasteiger partial charge in [-0.1, -0.05) is 48.5 Å². The van der Waals surface area contributed by atoms with Crippen LogP contribution < -0.4 is 15.3 Å². The summed E-state index contributed by atoms with van der Waals surface area (Å²) in [7, 11) is 0. The summed E-state index contributed by atoms with van der Waals surface area (Å²) in [5.41, 5.74) is 1.71. The van der Waals surface area contributed by atoms with Crippen LogP contribution in [-0.2, 0) is 6.42 Å². The van der Waals surface area contributed by atoms with E-state index in [0.717, 1.165) is 5.56 Å². The molecule has 5 nitrogen and oxygen atoms in total. The second-order valence-electron chi connectivity index (χ2n) is 7.12. The minimum Gasteiger partial charge on any atom is -0.508 e. The third kappa shape index (κ3) is 4.96. The Balaban J connectivity index is 1.73. The SMILES string of the molecule is Oc1ccccc1C1N=c2ccnc(OCC(F)(F)F)c2=CN1CCc1ccccc1. The van der Waals surface area contributed by atoms with Crippen molar-refractivity contribution < 1.29 is 23.0 Å². The summed E-state index contributed by atoms with van der Waals surface area (Å²) in [6.07, 6.45) is -1.24. The third-order valence-electron chi connectivity index (χ3n) is 4.89. The molecule has 0 spiro atoms. The Labute approximate surface area is 176 Å². The molecule has 1 aliphatic heterocycles. The number of alkyl halides is 3. The minimum absolute atomic E-state index is 0.0976. The number of ether oxygens (including phenoxy) is 1. The maximum Gasteiger partial charge on any atom is 0.422 e. The number of pyridine rings is 1. The Morgan fingerprint density at radius 1 is 1.00 bits per heavy atom. The average Bonchev–Trinajstić information content (AvgIpc) is 2.76. The number of halogens is 3. The van der Waals surface area contributed by atoms with Gasteiger partial charge in [0.2, 0.25) is 5.88 Å². The largest absolute Gasteiger partial charge is 0.508 e. The maximum atomic E-state index is 12.7. The fourth-order valence-corrected chi connectivity index (χ4v) is 3.43. The predicted octanol–water partition coefficient (Wildman–Crippen LogP) is 3.34. The van der Waals surface area contributed by atoms with E-state index in [9.17, 15) is 18.3 Å². The van der Waals surface area contributed by atoms with Gasteiger partial charge in [-0.3, -0.25) is 4.99 Å². The van der Waals surface area contributed by atoms with Crippen molar-refractivity contribution in [1.29, 1.82) is 0 Å². The van der Waals surface area contributed by atoms with E-state index in [1.54, 1.807) is 36.5 Å². The molecule has 0 bridgehead atoms. The lowest BCUT2D eigenvalue weighted by molar-refractivity contribution is -0.154. The van der Waals surface area contributed by atoms with E-state index in [1.807, 2.05) is 35.2 Å². The monoisotopic (exact) mass is 427 g/mol. The second kappa shape index (κ2) is 8.67. The van der Waals surface area contributed by atoms with Crippen LogP contribution in [0.15, 0.2) is 71.9 Å². The van der Waals surface area contributed by atoms with Crippen LogP contribution in [0.25, 0.3) is 6.20 Å². The smallest absolute Gasteiger partial charge is 0.422 e. The van der Waals surface area contributed by atoms with E-state index >= 15 is 0 Å². The number of aromatic nitrogens is 1. The van der Waals surface area contributed by atoms with Gasteiger partial charge in [0, 0.05) is 24.5 Å². The van der Waals surface area contributed by atoms with Gasteiger partial charge in [-0.15, -0.1) is 0 Å². The van der Waals surface area contributed by atoms with Gasteiger partial charge in [-0.05, 0) is 24.1 Å². The molecule has 1 N–H and O–H groups in total. The summed E-state index contributed by atoms with van der Waals surface area (Å²) in [5, 5.41) is 11.2. The summed E-state index contributed by atoms with van der Waals surface area (Å²) in [6.45, 7) is -0.906. The normalized spacial score (nSPS) is 15.6. The lowest BCUT2D eigenvalue weighted by Crippen LogP contribution is -2.40. The van der Waals surface area contributed by atoms with Crippen molar-refractivity contribution in [3.05, 3.63) is 88.6 Å². The lowest BCUT2D eigenvalue weighted by atomic mass is 10.1. The number of benzene rings is 2. The number of phenolic OH excluding ortho intramolecular Hbond substituents is 1. The van der Waals surface area contributed by atoms with Gasteiger partial charge in [0.25, 0.3) is 0 Å². The molecule has 4 rings (SSSR count). The Hall–Kier alpha value is -3.55. The van der Waals surface area contributed by atoms with Gasteiger partial charge in [-0.2, -0.15) is 13.2 Å².